The zero-order valence-electron chi connectivity index (χ0n) is 8.93. The molecule has 1 aromatic heterocycles. The number of carboxylic acid groups (broad SMARTS) is 1. The van der Waals surface area contributed by atoms with Crippen molar-refractivity contribution in [1.82, 2.24) is 4.98 Å². The van der Waals surface area contributed by atoms with Gasteiger partial charge in [0.25, 0.3) is 0 Å². The van der Waals surface area contributed by atoms with Gasteiger partial charge in [-0.15, -0.1) is 0 Å². The number of halogens is 2. The van der Waals surface area contributed by atoms with E-state index in [2.05, 4.69) is 20.9 Å². The largest absolute Gasteiger partial charge is 0.477 e. The summed E-state index contributed by atoms with van der Waals surface area (Å²) >= 11 is 3.26. The summed E-state index contributed by atoms with van der Waals surface area (Å²) in [6.45, 7) is 0. The number of hydrogen-bond acceptors (Lipinski definition) is 3. The van der Waals surface area contributed by atoms with E-state index >= 15 is 0 Å². The third-order valence-corrected chi connectivity index (χ3v) is 2.75. The molecule has 18 heavy (non-hydrogen) atoms. The number of carbonyl (C=O) groups is 1. The van der Waals surface area contributed by atoms with Crippen LogP contribution in [0.5, 0.6) is 11.6 Å². The maximum atomic E-state index is 12.9. The summed E-state index contributed by atoms with van der Waals surface area (Å²) in [6.07, 6.45) is 0.901. The molecule has 0 amide bonds. The van der Waals surface area contributed by atoms with Crippen LogP contribution in [0.1, 0.15) is 10.4 Å². The van der Waals surface area contributed by atoms with Crippen molar-refractivity contribution in [3.8, 4) is 11.6 Å². The van der Waals surface area contributed by atoms with Crippen LogP contribution in [-0.4, -0.2) is 16.1 Å². The van der Waals surface area contributed by atoms with E-state index in [0.29, 0.717) is 10.2 Å². The second-order valence-electron chi connectivity index (χ2n) is 3.34. The van der Waals surface area contributed by atoms with E-state index < -0.39 is 11.8 Å². The van der Waals surface area contributed by atoms with Gasteiger partial charge >= 0.3 is 5.97 Å². The van der Waals surface area contributed by atoms with Crippen molar-refractivity contribution in [2.75, 3.05) is 0 Å². The molecule has 0 aliphatic rings. The highest BCUT2D eigenvalue weighted by atomic mass is 79.9. The normalized spacial score (nSPS) is 10.1. The Balaban J connectivity index is 2.41. The number of nitrogens with zero attached hydrogens (tertiary/aromatic N) is 1. The number of aromatic carboxylic acids is 1. The fourth-order valence-electron chi connectivity index (χ4n) is 1.29. The van der Waals surface area contributed by atoms with Crippen LogP contribution in [-0.2, 0) is 0 Å². The minimum absolute atomic E-state index is 0.157. The van der Waals surface area contributed by atoms with Gasteiger partial charge in [0, 0.05) is 0 Å². The smallest absolute Gasteiger partial charge is 0.341 e. The van der Waals surface area contributed by atoms with Gasteiger partial charge in [-0.3, -0.25) is 0 Å². The highest BCUT2D eigenvalue weighted by Gasteiger charge is 2.15. The highest BCUT2D eigenvalue weighted by molar-refractivity contribution is 9.10. The first-order valence-electron chi connectivity index (χ1n) is 4.89. The fourth-order valence-corrected chi connectivity index (χ4v) is 1.66. The molecule has 0 saturated carbocycles. The molecule has 2 aromatic rings. The lowest BCUT2D eigenvalue weighted by Gasteiger charge is -2.08. The van der Waals surface area contributed by atoms with Gasteiger partial charge in [0.1, 0.15) is 17.1 Å². The molecule has 92 valence electrons. The number of para-hydroxylation sites is 1. The Kier molecular flexibility index (Phi) is 3.57. The molecule has 0 atom stereocenters. The van der Waals surface area contributed by atoms with Crippen molar-refractivity contribution in [2.45, 2.75) is 0 Å². The molecule has 2 rings (SSSR count). The summed E-state index contributed by atoms with van der Waals surface area (Å²) in [5, 5.41) is 8.94. The van der Waals surface area contributed by atoms with E-state index in [1.807, 2.05) is 0 Å². The van der Waals surface area contributed by atoms with Crippen LogP contribution in [0.2, 0.25) is 0 Å². The third kappa shape index (κ3) is 2.65. The molecular formula is C12H7BrFNO3. The first-order valence-corrected chi connectivity index (χ1v) is 5.68. The molecule has 1 N–H and O–H groups in total. The van der Waals surface area contributed by atoms with Gasteiger partial charge in [-0.05, 0) is 34.1 Å². The number of rotatable bonds is 3. The number of ether oxygens (including phenoxy) is 1. The number of pyridine rings is 1. The summed E-state index contributed by atoms with van der Waals surface area (Å²) in [5.74, 6) is -1.79. The molecule has 0 fully saturated rings. The standard InChI is InChI=1S/C12H7BrFNO3/c13-9-3-1-2-4-10(9)18-11-8(12(16)17)5-7(14)6-15-11/h1-6H,(H,16,17). The van der Waals surface area contributed by atoms with Crippen LogP contribution < -0.4 is 4.74 Å². The van der Waals surface area contributed by atoms with Crippen molar-refractivity contribution < 1.29 is 19.0 Å². The Morgan fingerprint density at radius 1 is 1.39 bits per heavy atom. The molecule has 0 unspecified atom stereocenters. The summed E-state index contributed by atoms with van der Waals surface area (Å²) in [5.41, 5.74) is -0.328. The van der Waals surface area contributed by atoms with E-state index in [1.165, 1.54) is 0 Å². The van der Waals surface area contributed by atoms with Crippen LogP contribution >= 0.6 is 15.9 Å². The first-order chi connectivity index (χ1) is 8.58. The van der Waals surface area contributed by atoms with Crippen molar-refractivity contribution in [3.05, 3.63) is 52.4 Å². The second-order valence-corrected chi connectivity index (χ2v) is 4.20. The van der Waals surface area contributed by atoms with Gasteiger partial charge < -0.3 is 9.84 Å². The van der Waals surface area contributed by atoms with Crippen LogP contribution in [0, 0.1) is 5.82 Å². The Hall–Kier alpha value is -1.95. The van der Waals surface area contributed by atoms with Crippen LogP contribution in [0.15, 0.2) is 41.0 Å². The Bertz CT molecular complexity index is 604. The van der Waals surface area contributed by atoms with Gasteiger partial charge in [0.2, 0.25) is 5.88 Å². The van der Waals surface area contributed by atoms with Crippen molar-refractivity contribution >= 4 is 21.9 Å². The lowest BCUT2D eigenvalue weighted by atomic mass is 10.2. The lowest BCUT2D eigenvalue weighted by molar-refractivity contribution is 0.0692. The third-order valence-electron chi connectivity index (χ3n) is 2.09. The molecule has 6 heteroatoms. The van der Waals surface area contributed by atoms with Crippen LogP contribution in [0.25, 0.3) is 0 Å². The van der Waals surface area contributed by atoms with Gasteiger partial charge in [-0.2, -0.15) is 0 Å². The van der Waals surface area contributed by atoms with Crippen molar-refractivity contribution in [2.24, 2.45) is 0 Å². The minimum Gasteiger partial charge on any atom is -0.477 e. The SMILES string of the molecule is O=C(O)c1cc(F)cnc1Oc1ccccc1Br. The van der Waals surface area contributed by atoms with Crippen molar-refractivity contribution in [1.29, 1.82) is 0 Å². The first kappa shape index (κ1) is 12.5. The van der Waals surface area contributed by atoms with Crippen LogP contribution in [0.4, 0.5) is 4.39 Å². The topological polar surface area (TPSA) is 59.4 Å². The number of carboxylic acids is 1. The maximum absolute atomic E-state index is 12.9. The second kappa shape index (κ2) is 5.14. The zero-order valence-corrected chi connectivity index (χ0v) is 10.5. The van der Waals surface area contributed by atoms with Gasteiger partial charge in [0.15, 0.2) is 0 Å². The molecule has 0 aliphatic heterocycles. The van der Waals surface area contributed by atoms with E-state index in [1.54, 1.807) is 24.3 Å². The number of hydrogen-bond donors (Lipinski definition) is 1. The summed E-state index contributed by atoms with van der Waals surface area (Å²) in [6, 6.07) is 7.75. The van der Waals surface area contributed by atoms with Crippen molar-refractivity contribution in [3.63, 3.8) is 0 Å². The number of aromatic nitrogens is 1. The predicted octanol–water partition coefficient (Wildman–Crippen LogP) is 3.47. The molecule has 0 aliphatic carbocycles. The van der Waals surface area contributed by atoms with E-state index in [9.17, 15) is 9.18 Å². The lowest BCUT2D eigenvalue weighted by Crippen LogP contribution is -2.03. The predicted molar refractivity (Wildman–Crippen MR) is 65.4 cm³/mol. The zero-order chi connectivity index (χ0) is 13.1. The highest BCUT2D eigenvalue weighted by Crippen LogP contribution is 2.30. The van der Waals surface area contributed by atoms with Gasteiger partial charge in [0.05, 0.1) is 10.7 Å². The maximum Gasteiger partial charge on any atom is 0.341 e. The molecular weight excluding hydrogens is 305 g/mol. The molecule has 0 bridgehead atoms. The number of benzene rings is 1. The Morgan fingerprint density at radius 2 is 2.11 bits per heavy atom. The molecule has 1 aromatic carbocycles. The minimum atomic E-state index is -1.30. The molecule has 1 heterocycles. The fraction of sp³-hybridized carbons (Fsp3) is 0. The van der Waals surface area contributed by atoms with Crippen LogP contribution in [0.3, 0.4) is 0 Å². The monoisotopic (exact) mass is 311 g/mol. The molecule has 0 saturated heterocycles. The average Bonchev–Trinajstić information content (AvgIpc) is 2.34. The summed E-state index contributed by atoms with van der Waals surface area (Å²) in [7, 11) is 0. The van der Waals surface area contributed by atoms with Gasteiger partial charge in [-0.1, -0.05) is 12.1 Å². The van der Waals surface area contributed by atoms with E-state index in [0.717, 1.165) is 12.3 Å². The summed E-state index contributed by atoms with van der Waals surface area (Å²) < 4.78 is 18.9. The molecule has 0 spiro atoms. The molecule has 0 radical (unpaired) electrons. The van der Waals surface area contributed by atoms with Gasteiger partial charge in [-0.25, -0.2) is 14.2 Å². The van der Waals surface area contributed by atoms with E-state index in [4.69, 9.17) is 9.84 Å². The Labute approximate surface area is 110 Å². The summed E-state index contributed by atoms with van der Waals surface area (Å²) in [4.78, 5) is 14.6. The molecule has 4 nitrogen and oxygen atoms in total. The quantitative estimate of drug-likeness (QED) is 0.943. The Morgan fingerprint density at radius 3 is 2.78 bits per heavy atom. The average molecular weight is 312 g/mol. The van der Waals surface area contributed by atoms with E-state index in [-0.39, 0.29) is 11.4 Å².